The summed E-state index contributed by atoms with van der Waals surface area (Å²) in [4.78, 5) is 18.8. The summed E-state index contributed by atoms with van der Waals surface area (Å²) in [6.45, 7) is 9.03. The molecule has 0 radical (unpaired) electrons. The van der Waals surface area contributed by atoms with E-state index in [1.165, 1.54) is 4.68 Å². The van der Waals surface area contributed by atoms with E-state index in [0.717, 1.165) is 33.8 Å². The third-order valence-corrected chi connectivity index (χ3v) is 8.26. The minimum atomic E-state index is -0.272. The van der Waals surface area contributed by atoms with Crippen LogP contribution in [0.3, 0.4) is 0 Å². The number of benzene rings is 4. The number of hydrogen-bond donors (Lipinski definition) is 0. The molecule has 0 atom stereocenters. The Labute approximate surface area is 275 Å². The van der Waals surface area contributed by atoms with Crippen molar-refractivity contribution in [1.82, 2.24) is 9.66 Å². The molecule has 9 nitrogen and oxygen atoms in total. The van der Waals surface area contributed by atoms with E-state index in [1.807, 2.05) is 74.5 Å². The predicted molar refractivity (Wildman–Crippen MR) is 182 cm³/mol. The average molecular weight is 685 g/mol. The third-order valence-electron chi connectivity index (χ3n) is 7.67. The van der Waals surface area contributed by atoms with Gasteiger partial charge in [-0.15, -0.1) is 0 Å². The smallest absolute Gasteiger partial charge is 0.282 e. The van der Waals surface area contributed by atoms with Crippen LogP contribution in [0.15, 0.2) is 81.1 Å². The van der Waals surface area contributed by atoms with Crippen LogP contribution in [0.1, 0.15) is 48.9 Å². The summed E-state index contributed by atoms with van der Waals surface area (Å²) in [6.07, 6.45) is 1.62. The van der Waals surface area contributed by atoms with Gasteiger partial charge in [-0.2, -0.15) is 9.78 Å². The van der Waals surface area contributed by atoms with Gasteiger partial charge in [0.2, 0.25) is 6.79 Å². The molecule has 4 aromatic carbocycles. The lowest BCUT2D eigenvalue weighted by Gasteiger charge is -2.17. The molecule has 0 fully saturated rings. The number of halogens is 1. The van der Waals surface area contributed by atoms with E-state index in [2.05, 4.69) is 29.8 Å². The third kappa shape index (κ3) is 6.17. The van der Waals surface area contributed by atoms with E-state index >= 15 is 0 Å². The van der Waals surface area contributed by atoms with E-state index in [9.17, 15) is 4.79 Å². The van der Waals surface area contributed by atoms with E-state index < -0.39 is 0 Å². The highest BCUT2D eigenvalue weighted by atomic mass is 79.9. The van der Waals surface area contributed by atoms with Gasteiger partial charge in [-0.25, -0.2) is 4.98 Å². The molecule has 5 aromatic rings. The summed E-state index contributed by atoms with van der Waals surface area (Å²) in [5.41, 5.74) is 4.68. The monoisotopic (exact) mass is 683 g/mol. The molecule has 0 unspecified atom stereocenters. The van der Waals surface area contributed by atoms with Crippen LogP contribution in [0.2, 0.25) is 0 Å². The lowest BCUT2D eigenvalue weighted by molar-refractivity contribution is 0.174. The maximum absolute atomic E-state index is 13.9. The first kappa shape index (κ1) is 31.2. The van der Waals surface area contributed by atoms with Crippen LogP contribution in [0.5, 0.6) is 28.7 Å². The molecule has 0 saturated carbocycles. The van der Waals surface area contributed by atoms with Crippen LogP contribution in [-0.2, 0) is 6.61 Å². The Balaban J connectivity index is 1.39. The summed E-state index contributed by atoms with van der Waals surface area (Å²) in [7, 11) is 1.66. The van der Waals surface area contributed by atoms with Crippen molar-refractivity contribution in [3.63, 3.8) is 0 Å². The average Bonchev–Trinajstić information content (AvgIpc) is 3.52. The highest BCUT2D eigenvalue weighted by molar-refractivity contribution is 9.10. The summed E-state index contributed by atoms with van der Waals surface area (Å²) < 4.78 is 30.8. The SMILES string of the molecule is CCOc1cc(C=Nn2c(-c3cc(C(C)C)c(OC)cc3C)nc3ccccc3c2=O)cc(Br)c1OCc1ccc2c(c1)OCO2. The zero-order valence-electron chi connectivity index (χ0n) is 26.3. The molecule has 6 rings (SSSR count). The summed E-state index contributed by atoms with van der Waals surface area (Å²) in [5, 5.41) is 5.18. The molecule has 0 spiro atoms. The number of fused-ring (bicyclic) bond motifs is 2. The van der Waals surface area contributed by atoms with Gasteiger partial charge in [0.25, 0.3) is 5.56 Å². The first-order valence-electron chi connectivity index (χ1n) is 15.0. The minimum Gasteiger partial charge on any atom is -0.496 e. The topological polar surface area (TPSA) is 93.4 Å². The number of methoxy groups -OCH3 is 1. The largest absolute Gasteiger partial charge is 0.496 e. The molecule has 0 amide bonds. The molecular formula is C36H34BrN3O6. The molecule has 2 heterocycles. The lowest BCUT2D eigenvalue weighted by atomic mass is 9.96. The van der Waals surface area contributed by atoms with Crippen molar-refractivity contribution >= 4 is 33.0 Å². The van der Waals surface area contributed by atoms with Crippen molar-refractivity contribution in [2.45, 2.75) is 40.2 Å². The van der Waals surface area contributed by atoms with E-state index in [-0.39, 0.29) is 18.3 Å². The van der Waals surface area contributed by atoms with Crippen molar-refractivity contribution in [2.75, 3.05) is 20.5 Å². The second kappa shape index (κ2) is 13.3. The van der Waals surface area contributed by atoms with Gasteiger partial charge in [-0.3, -0.25) is 4.79 Å². The summed E-state index contributed by atoms with van der Waals surface area (Å²) in [6, 6.07) is 20.7. The Bertz CT molecular complexity index is 2020. The van der Waals surface area contributed by atoms with Crippen molar-refractivity contribution in [3.8, 4) is 40.1 Å². The number of rotatable bonds is 10. The quantitative estimate of drug-likeness (QED) is 0.138. The fourth-order valence-electron chi connectivity index (χ4n) is 5.35. The van der Waals surface area contributed by atoms with Crippen molar-refractivity contribution in [3.05, 3.63) is 104 Å². The van der Waals surface area contributed by atoms with Crippen LogP contribution >= 0.6 is 15.9 Å². The molecule has 10 heteroatoms. The number of hydrogen-bond acceptors (Lipinski definition) is 8. The lowest BCUT2D eigenvalue weighted by Crippen LogP contribution is -2.20. The van der Waals surface area contributed by atoms with Gasteiger partial charge >= 0.3 is 0 Å². The molecule has 0 saturated heterocycles. The molecule has 1 aliphatic heterocycles. The van der Waals surface area contributed by atoms with Crippen LogP contribution < -0.4 is 29.2 Å². The van der Waals surface area contributed by atoms with Crippen LogP contribution in [0.25, 0.3) is 22.3 Å². The number of aromatic nitrogens is 2. The summed E-state index contributed by atoms with van der Waals surface area (Å²) >= 11 is 3.66. The van der Waals surface area contributed by atoms with Gasteiger partial charge in [0, 0.05) is 5.56 Å². The molecular weight excluding hydrogens is 650 g/mol. The Morgan fingerprint density at radius 2 is 1.83 bits per heavy atom. The normalized spacial score (nSPS) is 12.3. The number of aryl methyl sites for hydroxylation is 1. The van der Waals surface area contributed by atoms with Crippen molar-refractivity contribution < 1.29 is 23.7 Å². The molecule has 0 N–H and O–H groups in total. The Hall–Kier alpha value is -4.83. The van der Waals surface area contributed by atoms with Crippen molar-refractivity contribution in [2.24, 2.45) is 5.10 Å². The number of para-hydroxylation sites is 1. The molecule has 236 valence electrons. The first-order valence-corrected chi connectivity index (χ1v) is 15.8. The van der Waals surface area contributed by atoms with E-state index in [4.69, 9.17) is 33.8 Å². The molecule has 1 aromatic heterocycles. The van der Waals surface area contributed by atoms with Gasteiger partial charge in [-0.05, 0) is 106 Å². The minimum absolute atomic E-state index is 0.193. The van der Waals surface area contributed by atoms with E-state index in [1.54, 1.807) is 19.4 Å². The van der Waals surface area contributed by atoms with Crippen LogP contribution in [0.4, 0.5) is 0 Å². The standard InChI is InChI=1S/C36H34BrN3O6/c1-6-43-33-16-24(14-28(37)34(33)44-19-23-11-12-30-32(15-23)46-20-45-30)18-38-40-35(39-29-10-8-7-9-25(29)36(40)41)27-17-26(21(2)3)31(42-5)13-22(27)4/h7-18,21H,6,19-20H2,1-5H3. The van der Waals surface area contributed by atoms with Gasteiger partial charge in [0.15, 0.2) is 28.8 Å². The highest BCUT2D eigenvalue weighted by Crippen LogP contribution is 2.39. The Kier molecular flexibility index (Phi) is 8.99. The molecule has 1 aliphatic rings. The second-order valence-corrected chi connectivity index (χ2v) is 12.0. The Morgan fingerprint density at radius 1 is 1.02 bits per heavy atom. The van der Waals surface area contributed by atoms with Gasteiger partial charge in [-0.1, -0.05) is 32.0 Å². The maximum atomic E-state index is 13.9. The number of ether oxygens (including phenoxy) is 5. The van der Waals surface area contributed by atoms with Crippen molar-refractivity contribution in [1.29, 1.82) is 0 Å². The highest BCUT2D eigenvalue weighted by Gasteiger charge is 2.19. The van der Waals surface area contributed by atoms with Gasteiger partial charge in [0.05, 0.1) is 35.3 Å². The Morgan fingerprint density at radius 3 is 2.61 bits per heavy atom. The number of nitrogens with zero attached hydrogens (tertiary/aromatic N) is 3. The van der Waals surface area contributed by atoms with Gasteiger partial charge in [0.1, 0.15) is 12.4 Å². The maximum Gasteiger partial charge on any atom is 0.282 e. The fraction of sp³-hybridized carbons (Fsp3) is 0.250. The van der Waals surface area contributed by atoms with Crippen LogP contribution in [0, 0.1) is 6.92 Å². The zero-order valence-corrected chi connectivity index (χ0v) is 27.9. The fourth-order valence-corrected chi connectivity index (χ4v) is 5.92. The van der Waals surface area contributed by atoms with Gasteiger partial charge < -0.3 is 23.7 Å². The zero-order chi connectivity index (χ0) is 32.4. The molecule has 0 aliphatic carbocycles. The molecule has 0 bridgehead atoms. The predicted octanol–water partition coefficient (Wildman–Crippen LogP) is 7.86. The molecule has 46 heavy (non-hydrogen) atoms. The second-order valence-electron chi connectivity index (χ2n) is 11.1. The van der Waals surface area contributed by atoms with E-state index in [0.29, 0.717) is 57.2 Å². The summed E-state index contributed by atoms with van der Waals surface area (Å²) in [5.74, 6) is 3.93. The van der Waals surface area contributed by atoms with Crippen LogP contribution in [-0.4, -0.2) is 36.4 Å². The first-order chi connectivity index (χ1) is 22.3.